The number of benzene rings is 1. The number of hydrogen-bond donors (Lipinski definition) is 0. The molecule has 1 aromatic carbocycles. The monoisotopic (exact) mass is 478 g/mol. The normalized spacial score (nSPS) is 11.2. The zero-order chi connectivity index (χ0) is 25.2. The van der Waals surface area contributed by atoms with Crippen molar-refractivity contribution in [3.8, 4) is 17.0 Å². The van der Waals surface area contributed by atoms with Gasteiger partial charge in [-0.15, -0.1) is 0 Å². The Morgan fingerprint density at radius 2 is 1.60 bits per heavy atom. The van der Waals surface area contributed by atoms with Crippen molar-refractivity contribution >= 4 is 11.6 Å². The molecule has 3 aromatic rings. The largest absolute Gasteiger partial charge is 0.497 e. The standard InChI is InChI=1S/C29H42N4O2/c1-6-10-12-18-32(19-13-11-7-2)27(34)21-26-28(22-14-16-25(35-5)17-15-22)31-33-24(9-4)20-23(8-3)30-29(26)33/h14-17,20H,6-13,18-19,21H2,1-5H3. The predicted octanol–water partition coefficient (Wildman–Crippen LogP) is 6.28. The van der Waals surface area contributed by atoms with Gasteiger partial charge in [0.15, 0.2) is 5.65 Å². The number of methoxy groups -OCH3 is 1. The number of hydrogen-bond acceptors (Lipinski definition) is 4. The van der Waals surface area contributed by atoms with E-state index in [-0.39, 0.29) is 5.91 Å². The molecule has 1 amide bonds. The number of carbonyl (C=O) groups excluding carboxylic acids is 1. The summed E-state index contributed by atoms with van der Waals surface area (Å²) in [6.07, 6.45) is 8.70. The molecule has 0 N–H and O–H groups in total. The summed E-state index contributed by atoms with van der Waals surface area (Å²) in [5, 5.41) is 4.99. The van der Waals surface area contributed by atoms with Crippen LogP contribution in [0.5, 0.6) is 5.75 Å². The molecule has 0 saturated heterocycles. The van der Waals surface area contributed by atoms with Crippen molar-refractivity contribution in [1.82, 2.24) is 19.5 Å². The van der Waals surface area contributed by atoms with Gasteiger partial charge in [-0.25, -0.2) is 9.50 Å². The number of unbranched alkanes of at least 4 members (excludes halogenated alkanes) is 4. The van der Waals surface area contributed by atoms with Crippen LogP contribution in [0.3, 0.4) is 0 Å². The number of nitrogens with zero attached hydrogens (tertiary/aromatic N) is 4. The first kappa shape index (κ1) is 26.7. The fraction of sp³-hybridized carbons (Fsp3) is 0.552. The van der Waals surface area contributed by atoms with Crippen LogP contribution < -0.4 is 4.74 Å². The van der Waals surface area contributed by atoms with Crippen LogP contribution in [-0.4, -0.2) is 45.6 Å². The highest BCUT2D eigenvalue weighted by atomic mass is 16.5. The van der Waals surface area contributed by atoms with Gasteiger partial charge >= 0.3 is 0 Å². The third-order valence-corrected chi connectivity index (χ3v) is 6.64. The van der Waals surface area contributed by atoms with Crippen molar-refractivity contribution in [2.45, 2.75) is 85.5 Å². The van der Waals surface area contributed by atoms with E-state index in [0.29, 0.717) is 6.42 Å². The highest BCUT2D eigenvalue weighted by Gasteiger charge is 2.23. The maximum Gasteiger partial charge on any atom is 0.227 e. The minimum Gasteiger partial charge on any atom is -0.497 e. The molecule has 0 unspecified atom stereocenters. The van der Waals surface area contributed by atoms with Crippen LogP contribution in [0.4, 0.5) is 0 Å². The van der Waals surface area contributed by atoms with Crippen LogP contribution in [0.25, 0.3) is 16.9 Å². The lowest BCUT2D eigenvalue weighted by atomic mass is 10.0. The van der Waals surface area contributed by atoms with Gasteiger partial charge in [-0.05, 0) is 56.0 Å². The molecular weight excluding hydrogens is 436 g/mol. The lowest BCUT2D eigenvalue weighted by Gasteiger charge is -2.23. The number of ether oxygens (including phenoxy) is 1. The van der Waals surface area contributed by atoms with Gasteiger partial charge in [0.25, 0.3) is 0 Å². The summed E-state index contributed by atoms with van der Waals surface area (Å²) in [6.45, 7) is 10.3. The molecule has 6 nitrogen and oxygen atoms in total. The van der Waals surface area contributed by atoms with Gasteiger partial charge in [-0.2, -0.15) is 5.10 Å². The molecule has 2 heterocycles. The maximum atomic E-state index is 13.7. The Labute approximate surface area is 210 Å². The highest BCUT2D eigenvalue weighted by Crippen LogP contribution is 2.29. The Bertz CT molecular complexity index is 1080. The first-order chi connectivity index (χ1) is 17.1. The van der Waals surface area contributed by atoms with Gasteiger partial charge in [0.2, 0.25) is 5.91 Å². The topological polar surface area (TPSA) is 59.7 Å². The first-order valence-electron chi connectivity index (χ1n) is 13.4. The van der Waals surface area contributed by atoms with Crippen LogP contribution in [0.1, 0.15) is 83.2 Å². The van der Waals surface area contributed by atoms with Gasteiger partial charge in [0, 0.05) is 35.6 Å². The van der Waals surface area contributed by atoms with Crippen molar-refractivity contribution in [3.05, 3.63) is 47.3 Å². The molecule has 0 aliphatic heterocycles. The Hall–Kier alpha value is -2.89. The predicted molar refractivity (Wildman–Crippen MR) is 143 cm³/mol. The second kappa shape index (κ2) is 13.3. The molecule has 0 saturated carbocycles. The second-order valence-electron chi connectivity index (χ2n) is 9.21. The molecule has 0 aliphatic rings. The molecule has 0 spiro atoms. The number of fused-ring (bicyclic) bond motifs is 1. The van der Waals surface area contributed by atoms with E-state index in [1.807, 2.05) is 28.8 Å². The molecule has 0 fully saturated rings. The maximum absolute atomic E-state index is 13.7. The molecule has 2 aromatic heterocycles. The molecule has 0 bridgehead atoms. The van der Waals surface area contributed by atoms with E-state index < -0.39 is 0 Å². The minimum absolute atomic E-state index is 0.170. The van der Waals surface area contributed by atoms with E-state index in [4.69, 9.17) is 14.8 Å². The number of aryl methyl sites for hydroxylation is 2. The van der Waals surface area contributed by atoms with Gasteiger partial charge in [-0.3, -0.25) is 4.79 Å². The third kappa shape index (κ3) is 6.62. The van der Waals surface area contributed by atoms with Crippen LogP contribution in [-0.2, 0) is 24.1 Å². The van der Waals surface area contributed by atoms with Gasteiger partial charge in [0.05, 0.1) is 19.2 Å². The lowest BCUT2D eigenvalue weighted by molar-refractivity contribution is -0.130. The number of amides is 1. The van der Waals surface area contributed by atoms with E-state index in [1.54, 1.807) is 7.11 Å². The second-order valence-corrected chi connectivity index (χ2v) is 9.21. The quantitative estimate of drug-likeness (QED) is 0.256. The Morgan fingerprint density at radius 3 is 2.14 bits per heavy atom. The Morgan fingerprint density at radius 1 is 0.943 bits per heavy atom. The SMILES string of the molecule is CCCCCN(CCCCC)C(=O)Cc1c(-c2ccc(OC)cc2)nn2c(CC)cc(CC)nc12. The minimum atomic E-state index is 0.170. The van der Waals surface area contributed by atoms with Gasteiger partial charge < -0.3 is 9.64 Å². The van der Waals surface area contributed by atoms with Crippen molar-refractivity contribution < 1.29 is 9.53 Å². The average Bonchev–Trinajstić information content (AvgIpc) is 3.25. The molecule has 0 radical (unpaired) electrons. The molecular formula is C29H42N4O2. The highest BCUT2D eigenvalue weighted by molar-refractivity contribution is 5.84. The van der Waals surface area contributed by atoms with Crippen molar-refractivity contribution in [2.24, 2.45) is 0 Å². The van der Waals surface area contributed by atoms with Crippen molar-refractivity contribution in [3.63, 3.8) is 0 Å². The first-order valence-corrected chi connectivity index (χ1v) is 13.4. The van der Waals surface area contributed by atoms with Crippen molar-refractivity contribution in [2.75, 3.05) is 20.2 Å². The summed E-state index contributed by atoms with van der Waals surface area (Å²) in [5.74, 6) is 0.970. The Kier molecular flexibility index (Phi) is 10.1. The summed E-state index contributed by atoms with van der Waals surface area (Å²) >= 11 is 0. The van der Waals surface area contributed by atoms with Crippen LogP contribution in [0.15, 0.2) is 30.3 Å². The van der Waals surface area contributed by atoms with Crippen LogP contribution in [0.2, 0.25) is 0 Å². The summed E-state index contributed by atoms with van der Waals surface area (Å²) in [4.78, 5) is 20.7. The van der Waals surface area contributed by atoms with Crippen LogP contribution in [0, 0.1) is 0 Å². The number of rotatable bonds is 14. The summed E-state index contributed by atoms with van der Waals surface area (Å²) in [7, 11) is 1.67. The zero-order valence-electron chi connectivity index (χ0n) is 22.3. The third-order valence-electron chi connectivity index (χ3n) is 6.64. The van der Waals surface area contributed by atoms with E-state index in [0.717, 1.165) is 104 Å². The smallest absolute Gasteiger partial charge is 0.227 e. The molecule has 35 heavy (non-hydrogen) atoms. The lowest BCUT2D eigenvalue weighted by Crippen LogP contribution is -2.34. The van der Waals surface area contributed by atoms with E-state index >= 15 is 0 Å². The van der Waals surface area contributed by atoms with Crippen molar-refractivity contribution in [1.29, 1.82) is 0 Å². The molecule has 0 aliphatic carbocycles. The molecule has 0 atom stereocenters. The summed E-state index contributed by atoms with van der Waals surface area (Å²) in [6, 6.07) is 10.0. The summed E-state index contributed by atoms with van der Waals surface area (Å²) in [5.41, 5.74) is 5.68. The Balaban J connectivity index is 2.04. The van der Waals surface area contributed by atoms with Crippen LogP contribution >= 0.6 is 0 Å². The average molecular weight is 479 g/mol. The molecule has 3 rings (SSSR count). The van der Waals surface area contributed by atoms with E-state index in [2.05, 4.69) is 38.7 Å². The molecule has 190 valence electrons. The molecule has 6 heteroatoms. The summed E-state index contributed by atoms with van der Waals surface area (Å²) < 4.78 is 7.30. The number of aromatic nitrogens is 3. The van der Waals surface area contributed by atoms with Gasteiger partial charge in [-0.1, -0.05) is 53.4 Å². The zero-order valence-corrected chi connectivity index (χ0v) is 22.3. The van der Waals surface area contributed by atoms with Gasteiger partial charge in [0.1, 0.15) is 5.75 Å². The fourth-order valence-electron chi connectivity index (χ4n) is 4.48. The van der Waals surface area contributed by atoms with E-state index in [1.165, 1.54) is 0 Å². The fourth-order valence-corrected chi connectivity index (χ4v) is 4.48. The number of carbonyl (C=O) groups is 1. The van der Waals surface area contributed by atoms with E-state index in [9.17, 15) is 4.79 Å².